The van der Waals surface area contributed by atoms with Crippen molar-refractivity contribution < 1.29 is 9.90 Å². The van der Waals surface area contributed by atoms with Crippen LogP contribution >= 0.6 is 0 Å². The first-order valence-electron chi connectivity index (χ1n) is 8.72. The number of nitrogens with one attached hydrogen (secondary N) is 2. The Kier molecular flexibility index (Phi) is 6.99. The molecule has 1 aromatic rings. The van der Waals surface area contributed by atoms with Gasteiger partial charge in [0.15, 0.2) is 0 Å². The molecular formula is C18H29N3O2. The molecule has 1 atom stereocenters. The van der Waals surface area contributed by atoms with Crippen LogP contribution in [0.25, 0.3) is 0 Å². The van der Waals surface area contributed by atoms with Crippen molar-refractivity contribution in [3.63, 3.8) is 0 Å². The van der Waals surface area contributed by atoms with Crippen molar-refractivity contribution in [3.05, 3.63) is 30.1 Å². The Morgan fingerprint density at radius 2 is 2.04 bits per heavy atom. The van der Waals surface area contributed by atoms with Crippen molar-refractivity contribution in [1.29, 1.82) is 0 Å². The maximum Gasteiger partial charge on any atom is 0.236 e. The molecule has 1 saturated carbocycles. The van der Waals surface area contributed by atoms with E-state index in [2.05, 4.69) is 15.6 Å². The molecular weight excluding hydrogens is 290 g/mol. The zero-order valence-corrected chi connectivity index (χ0v) is 14.1. The standard InChI is InChI=1S/C18H29N3O2/c1-15(21-14-18(23)10-5-2-3-6-11-18)17(22)20-13-9-16-8-4-7-12-19-16/h4,7-8,12,15,21,23H,2-3,5-6,9-11,13-14H2,1H3,(H,20,22). The van der Waals surface area contributed by atoms with Gasteiger partial charge in [0.1, 0.15) is 0 Å². The summed E-state index contributed by atoms with van der Waals surface area (Å²) in [7, 11) is 0. The van der Waals surface area contributed by atoms with E-state index >= 15 is 0 Å². The van der Waals surface area contributed by atoms with Gasteiger partial charge in [0.05, 0.1) is 11.6 Å². The molecule has 23 heavy (non-hydrogen) atoms. The van der Waals surface area contributed by atoms with E-state index in [0.717, 1.165) is 37.8 Å². The average molecular weight is 319 g/mol. The van der Waals surface area contributed by atoms with Crippen molar-refractivity contribution in [1.82, 2.24) is 15.6 Å². The van der Waals surface area contributed by atoms with E-state index in [4.69, 9.17) is 0 Å². The summed E-state index contributed by atoms with van der Waals surface area (Å²) in [5, 5.41) is 16.7. The number of aliphatic hydroxyl groups is 1. The molecule has 1 aliphatic rings. The molecule has 1 heterocycles. The fourth-order valence-corrected chi connectivity index (χ4v) is 3.01. The number of hydrogen-bond acceptors (Lipinski definition) is 4. The Bertz CT molecular complexity index is 470. The summed E-state index contributed by atoms with van der Waals surface area (Å²) in [5.41, 5.74) is 0.320. The van der Waals surface area contributed by atoms with Crippen LogP contribution in [0.5, 0.6) is 0 Å². The maximum atomic E-state index is 12.1. The molecule has 2 rings (SSSR count). The van der Waals surface area contributed by atoms with Crippen LogP contribution in [0.15, 0.2) is 24.4 Å². The minimum atomic E-state index is -0.654. The number of amides is 1. The van der Waals surface area contributed by atoms with Crippen molar-refractivity contribution in [3.8, 4) is 0 Å². The van der Waals surface area contributed by atoms with E-state index < -0.39 is 5.60 Å². The predicted octanol–water partition coefficient (Wildman–Crippen LogP) is 1.80. The molecule has 0 radical (unpaired) electrons. The van der Waals surface area contributed by atoms with Crippen LogP contribution in [-0.2, 0) is 11.2 Å². The van der Waals surface area contributed by atoms with Gasteiger partial charge in [0.25, 0.3) is 0 Å². The van der Waals surface area contributed by atoms with Crippen LogP contribution in [0, 0.1) is 0 Å². The van der Waals surface area contributed by atoms with Gasteiger partial charge >= 0.3 is 0 Å². The number of hydrogen-bond donors (Lipinski definition) is 3. The molecule has 0 bridgehead atoms. The summed E-state index contributed by atoms with van der Waals surface area (Å²) in [6.07, 6.45) is 8.68. The topological polar surface area (TPSA) is 74.2 Å². The van der Waals surface area contributed by atoms with Gasteiger partial charge in [-0.3, -0.25) is 9.78 Å². The lowest BCUT2D eigenvalue weighted by atomic mass is 9.94. The molecule has 1 unspecified atom stereocenters. The van der Waals surface area contributed by atoms with E-state index in [9.17, 15) is 9.90 Å². The van der Waals surface area contributed by atoms with Crippen molar-refractivity contribution in [2.24, 2.45) is 0 Å². The highest BCUT2D eigenvalue weighted by Crippen LogP contribution is 2.26. The van der Waals surface area contributed by atoms with Crippen LogP contribution in [0.3, 0.4) is 0 Å². The molecule has 1 amide bonds. The lowest BCUT2D eigenvalue weighted by molar-refractivity contribution is -0.123. The molecule has 5 nitrogen and oxygen atoms in total. The van der Waals surface area contributed by atoms with Crippen molar-refractivity contribution in [2.75, 3.05) is 13.1 Å². The number of carbonyl (C=O) groups is 1. The van der Waals surface area contributed by atoms with E-state index in [-0.39, 0.29) is 11.9 Å². The van der Waals surface area contributed by atoms with Crippen LogP contribution in [0.1, 0.15) is 51.1 Å². The van der Waals surface area contributed by atoms with Gasteiger partial charge in [-0.05, 0) is 31.9 Å². The number of pyridine rings is 1. The molecule has 1 aliphatic carbocycles. The van der Waals surface area contributed by atoms with Gasteiger partial charge < -0.3 is 15.7 Å². The van der Waals surface area contributed by atoms with Gasteiger partial charge in [0, 0.05) is 31.4 Å². The third-order valence-electron chi connectivity index (χ3n) is 4.57. The molecule has 0 spiro atoms. The van der Waals surface area contributed by atoms with Gasteiger partial charge in [0.2, 0.25) is 5.91 Å². The first-order valence-corrected chi connectivity index (χ1v) is 8.72. The van der Waals surface area contributed by atoms with E-state index in [1.54, 1.807) is 6.20 Å². The molecule has 0 aliphatic heterocycles. The fourth-order valence-electron chi connectivity index (χ4n) is 3.01. The highest BCUT2D eigenvalue weighted by atomic mass is 16.3. The Hall–Kier alpha value is -1.46. The fraction of sp³-hybridized carbons (Fsp3) is 0.667. The van der Waals surface area contributed by atoms with Gasteiger partial charge in [-0.2, -0.15) is 0 Å². The Morgan fingerprint density at radius 3 is 2.70 bits per heavy atom. The predicted molar refractivity (Wildman–Crippen MR) is 91.1 cm³/mol. The number of aromatic nitrogens is 1. The van der Waals surface area contributed by atoms with Crippen LogP contribution in [0.4, 0.5) is 0 Å². The van der Waals surface area contributed by atoms with Gasteiger partial charge in [-0.1, -0.05) is 31.7 Å². The highest BCUT2D eigenvalue weighted by Gasteiger charge is 2.28. The summed E-state index contributed by atoms with van der Waals surface area (Å²) < 4.78 is 0. The molecule has 0 saturated heterocycles. The van der Waals surface area contributed by atoms with E-state index in [0.29, 0.717) is 13.1 Å². The average Bonchev–Trinajstić information content (AvgIpc) is 2.78. The number of nitrogens with zero attached hydrogens (tertiary/aromatic N) is 1. The zero-order valence-electron chi connectivity index (χ0n) is 14.1. The number of rotatable bonds is 7. The summed E-state index contributed by atoms with van der Waals surface area (Å²) >= 11 is 0. The molecule has 5 heteroatoms. The lowest BCUT2D eigenvalue weighted by Crippen LogP contribution is -2.49. The first kappa shape index (κ1) is 17.9. The second kappa shape index (κ2) is 8.99. The summed E-state index contributed by atoms with van der Waals surface area (Å²) in [4.78, 5) is 16.3. The number of carbonyl (C=O) groups excluding carboxylic acids is 1. The van der Waals surface area contributed by atoms with Crippen LogP contribution < -0.4 is 10.6 Å². The van der Waals surface area contributed by atoms with Gasteiger partial charge in [-0.25, -0.2) is 0 Å². The smallest absolute Gasteiger partial charge is 0.236 e. The SMILES string of the molecule is CC(NCC1(O)CCCCCC1)C(=O)NCCc1ccccn1. The third kappa shape index (κ3) is 6.28. The van der Waals surface area contributed by atoms with Crippen molar-refractivity contribution >= 4 is 5.91 Å². The molecule has 128 valence electrons. The Labute approximate surface area is 138 Å². The maximum absolute atomic E-state index is 12.1. The quantitative estimate of drug-likeness (QED) is 0.670. The normalized spacial score (nSPS) is 18.9. The third-order valence-corrected chi connectivity index (χ3v) is 4.57. The monoisotopic (exact) mass is 319 g/mol. The molecule has 1 fully saturated rings. The summed E-state index contributed by atoms with van der Waals surface area (Å²) in [6, 6.07) is 5.48. The van der Waals surface area contributed by atoms with Crippen LogP contribution in [-0.4, -0.2) is 40.7 Å². The lowest BCUT2D eigenvalue weighted by Gasteiger charge is -2.28. The second-order valence-electron chi connectivity index (χ2n) is 6.60. The first-order chi connectivity index (χ1) is 11.1. The van der Waals surface area contributed by atoms with Crippen LogP contribution in [0.2, 0.25) is 0 Å². The Balaban J connectivity index is 1.68. The largest absolute Gasteiger partial charge is 0.389 e. The van der Waals surface area contributed by atoms with E-state index in [1.165, 1.54) is 12.8 Å². The molecule has 0 aromatic carbocycles. The molecule has 3 N–H and O–H groups in total. The second-order valence-corrected chi connectivity index (χ2v) is 6.60. The minimum absolute atomic E-state index is 0.0295. The summed E-state index contributed by atoms with van der Waals surface area (Å²) in [5.74, 6) is -0.0295. The molecule has 1 aromatic heterocycles. The Morgan fingerprint density at radius 1 is 1.30 bits per heavy atom. The van der Waals surface area contributed by atoms with Crippen molar-refractivity contribution in [2.45, 2.75) is 63.5 Å². The summed E-state index contributed by atoms with van der Waals surface area (Å²) in [6.45, 7) is 2.91. The highest BCUT2D eigenvalue weighted by molar-refractivity contribution is 5.81. The zero-order chi connectivity index (χ0) is 16.5. The van der Waals surface area contributed by atoms with Gasteiger partial charge in [-0.15, -0.1) is 0 Å². The minimum Gasteiger partial charge on any atom is -0.389 e. The van der Waals surface area contributed by atoms with E-state index in [1.807, 2.05) is 25.1 Å².